The highest BCUT2D eigenvalue weighted by Gasteiger charge is 2.14. The summed E-state index contributed by atoms with van der Waals surface area (Å²) in [5.74, 6) is 2.13. The molecule has 2 aromatic rings. The van der Waals surface area contributed by atoms with Gasteiger partial charge in [0.05, 0.1) is 19.3 Å². The van der Waals surface area contributed by atoms with E-state index < -0.39 is 0 Å². The van der Waals surface area contributed by atoms with Crippen LogP contribution >= 0.6 is 24.0 Å². The van der Waals surface area contributed by atoms with E-state index in [0.717, 1.165) is 36.4 Å². The molecule has 0 fully saturated rings. The van der Waals surface area contributed by atoms with Crippen molar-refractivity contribution in [3.63, 3.8) is 0 Å². The lowest BCUT2D eigenvalue weighted by Gasteiger charge is -2.12. The fourth-order valence-corrected chi connectivity index (χ4v) is 2.68. The largest absolute Gasteiger partial charge is 0.504 e. The van der Waals surface area contributed by atoms with Gasteiger partial charge in [0, 0.05) is 30.6 Å². The lowest BCUT2D eigenvalue weighted by molar-refractivity contribution is 0.370. The second-order valence-corrected chi connectivity index (χ2v) is 5.75. The third-order valence-corrected chi connectivity index (χ3v) is 4.09. The highest BCUT2D eigenvalue weighted by molar-refractivity contribution is 14.0. The van der Waals surface area contributed by atoms with E-state index in [0.29, 0.717) is 30.4 Å². The lowest BCUT2D eigenvalue weighted by atomic mass is 10.1. The smallest absolute Gasteiger partial charge is 0.191 e. The second kappa shape index (κ2) is 11.7. The van der Waals surface area contributed by atoms with Crippen LogP contribution in [0, 0.1) is 0 Å². The maximum atomic E-state index is 10.2. The minimum atomic E-state index is 0. The van der Waals surface area contributed by atoms with Crippen molar-refractivity contribution < 1.29 is 14.4 Å². The monoisotopic (exact) mass is 488 g/mol. The zero-order valence-corrected chi connectivity index (χ0v) is 18.7. The normalized spacial score (nSPS) is 11.0. The van der Waals surface area contributed by atoms with Crippen LogP contribution in [0.15, 0.2) is 27.7 Å². The van der Waals surface area contributed by atoms with E-state index >= 15 is 0 Å². The zero-order valence-electron chi connectivity index (χ0n) is 16.3. The molecule has 7 nitrogen and oxygen atoms in total. The van der Waals surface area contributed by atoms with Gasteiger partial charge in [-0.25, -0.2) is 4.99 Å². The van der Waals surface area contributed by atoms with Crippen molar-refractivity contribution in [1.82, 2.24) is 15.8 Å². The predicted molar refractivity (Wildman–Crippen MR) is 117 cm³/mol. The number of nitrogens with zero attached hydrogens (tertiary/aromatic N) is 2. The lowest BCUT2D eigenvalue weighted by Crippen LogP contribution is -2.37. The van der Waals surface area contributed by atoms with Gasteiger partial charge in [-0.1, -0.05) is 31.1 Å². The number of aromatic nitrogens is 1. The number of halogens is 1. The molecule has 0 unspecified atom stereocenters. The van der Waals surface area contributed by atoms with E-state index in [2.05, 4.69) is 27.7 Å². The molecule has 0 aliphatic heterocycles. The van der Waals surface area contributed by atoms with E-state index in [-0.39, 0.29) is 29.7 Å². The number of phenolic OH excluding ortho intramolecular Hbond substituents is 1. The number of hydrogen-bond donors (Lipinski definition) is 3. The molecule has 1 aromatic carbocycles. The Morgan fingerprint density at radius 3 is 2.63 bits per heavy atom. The molecule has 0 spiro atoms. The van der Waals surface area contributed by atoms with E-state index in [9.17, 15) is 5.11 Å². The van der Waals surface area contributed by atoms with E-state index in [4.69, 9.17) is 9.26 Å². The molecule has 0 amide bonds. The van der Waals surface area contributed by atoms with Gasteiger partial charge in [-0.05, 0) is 19.4 Å². The Hall–Kier alpha value is -1.97. The summed E-state index contributed by atoms with van der Waals surface area (Å²) in [5, 5.41) is 20.9. The number of methoxy groups -OCH3 is 1. The molecule has 0 saturated heterocycles. The third kappa shape index (κ3) is 6.02. The van der Waals surface area contributed by atoms with Crippen LogP contribution in [-0.4, -0.2) is 29.9 Å². The molecule has 150 valence electrons. The number of aromatic hydroxyl groups is 1. The number of para-hydroxylation sites is 1. The summed E-state index contributed by atoms with van der Waals surface area (Å²) >= 11 is 0. The first kappa shape index (κ1) is 23.1. The molecule has 2 rings (SSSR count). The van der Waals surface area contributed by atoms with Crippen LogP contribution in [0.4, 0.5) is 0 Å². The average Bonchev–Trinajstić information content (AvgIpc) is 3.06. The molecule has 8 heteroatoms. The Morgan fingerprint density at radius 2 is 2.00 bits per heavy atom. The molecule has 0 atom stereocenters. The quantitative estimate of drug-likeness (QED) is 0.300. The second-order valence-electron chi connectivity index (χ2n) is 5.75. The summed E-state index contributed by atoms with van der Waals surface area (Å²) < 4.78 is 10.5. The number of nitrogens with one attached hydrogen (secondary N) is 2. The Kier molecular flexibility index (Phi) is 9.98. The van der Waals surface area contributed by atoms with Crippen LogP contribution in [-0.2, 0) is 25.9 Å². The van der Waals surface area contributed by atoms with Gasteiger partial charge in [0.1, 0.15) is 5.76 Å². The number of benzene rings is 1. The van der Waals surface area contributed by atoms with Crippen molar-refractivity contribution in [3.8, 4) is 11.5 Å². The number of rotatable bonds is 8. The molecule has 0 aliphatic carbocycles. The summed E-state index contributed by atoms with van der Waals surface area (Å²) in [5.41, 5.74) is 2.76. The van der Waals surface area contributed by atoms with E-state index in [1.54, 1.807) is 6.07 Å². The van der Waals surface area contributed by atoms with Crippen molar-refractivity contribution in [3.05, 3.63) is 40.8 Å². The molecule has 0 aliphatic rings. The molecule has 0 radical (unpaired) electrons. The number of guanidine groups is 1. The number of phenols is 1. The number of aliphatic imine (C=N–C) groups is 1. The van der Waals surface area contributed by atoms with Gasteiger partial charge in [0.15, 0.2) is 17.5 Å². The maximum absolute atomic E-state index is 10.2. The van der Waals surface area contributed by atoms with Gasteiger partial charge in [-0.2, -0.15) is 0 Å². The molecule has 0 bridgehead atoms. The van der Waals surface area contributed by atoms with Gasteiger partial charge in [0.25, 0.3) is 0 Å². The molecular weight excluding hydrogens is 459 g/mol. The molecule has 3 N–H and O–H groups in total. The van der Waals surface area contributed by atoms with Crippen molar-refractivity contribution in [2.45, 2.75) is 46.7 Å². The fraction of sp³-hybridized carbons (Fsp3) is 0.474. The van der Waals surface area contributed by atoms with Crippen LogP contribution in [0.5, 0.6) is 11.5 Å². The molecule has 0 saturated carbocycles. The molecular formula is C19H29IN4O3. The van der Waals surface area contributed by atoms with Crippen LogP contribution < -0.4 is 15.4 Å². The van der Waals surface area contributed by atoms with Gasteiger partial charge >= 0.3 is 0 Å². The summed E-state index contributed by atoms with van der Waals surface area (Å²) in [7, 11) is 1.53. The highest BCUT2D eigenvalue weighted by Crippen LogP contribution is 2.29. The summed E-state index contributed by atoms with van der Waals surface area (Å²) in [4.78, 5) is 4.56. The highest BCUT2D eigenvalue weighted by atomic mass is 127. The van der Waals surface area contributed by atoms with Gasteiger partial charge in [-0.3, -0.25) is 0 Å². The molecule has 27 heavy (non-hydrogen) atoms. The number of aryl methyl sites for hydroxylation is 2. The predicted octanol–water partition coefficient (Wildman–Crippen LogP) is 3.39. The first-order valence-corrected chi connectivity index (χ1v) is 8.97. The summed E-state index contributed by atoms with van der Waals surface area (Å²) in [6.45, 7) is 7.78. The van der Waals surface area contributed by atoms with Crippen molar-refractivity contribution in [1.29, 1.82) is 0 Å². The van der Waals surface area contributed by atoms with Crippen molar-refractivity contribution in [2.75, 3.05) is 13.7 Å². The van der Waals surface area contributed by atoms with Crippen LogP contribution in [0.25, 0.3) is 0 Å². The Balaban J connectivity index is 0.00000364. The molecule has 1 aromatic heterocycles. The minimum Gasteiger partial charge on any atom is -0.504 e. The SMILES string of the molecule is CCNC(=NCc1cccc(OC)c1O)NCc1c(CC)noc1CC.I. The van der Waals surface area contributed by atoms with Crippen LogP contribution in [0.3, 0.4) is 0 Å². The van der Waals surface area contributed by atoms with Gasteiger partial charge in [-0.15, -0.1) is 24.0 Å². The first-order valence-electron chi connectivity index (χ1n) is 8.97. The van der Waals surface area contributed by atoms with Crippen LogP contribution in [0.2, 0.25) is 0 Å². The first-order chi connectivity index (χ1) is 12.6. The Labute approximate surface area is 177 Å². The average molecular weight is 488 g/mol. The van der Waals surface area contributed by atoms with Gasteiger partial charge < -0.3 is 25.0 Å². The van der Waals surface area contributed by atoms with E-state index in [1.807, 2.05) is 26.0 Å². The van der Waals surface area contributed by atoms with Gasteiger partial charge in [0.2, 0.25) is 0 Å². The minimum absolute atomic E-state index is 0. The maximum Gasteiger partial charge on any atom is 0.191 e. The summed E-state index contributed by atoms with van der Waals surface area (Å²) in [6, 6.07) is 5.38. The molecule has 1 heterocycles. The number of ether oxygens (including phenoxy) is 1. The zero-order chi connectivity index (χ0) is 18.9. The Bertz CT molecular complexity index is 725. The van der Waals surface area contributed by atoms with E-state index in [1.165, 1.54) is 7.11 Å². The van der Waals surface area contributed by atoms with Crippen molar-refractivity contribution >= 4 is 29.9 Å². The topological polar surface area (TPSA) is 91.9 Å². The van der Waals surface area contributed by atoms with Crippen LogP contribution in [0.1, 0.15) is 43.4 Å². The fourth-order valence-electron chi connectivity index (χ4n) is 2.68. The third-order valence-electron chi connectivity index (χ3n) is 4.09. The summed E-state index contributed by atoms with van der Waals surface area (Å²) in [6.07, 6.45) is 1.63. The standard InChI is InChI=1S/C19H28N4O3.HI/c1-5-15-14(16(6-2)26-23-15)12-22-19(20-7-3)21-11-13-9-8-10-17(25-4)18(13)24;/h8-10,24H,5-7,11-12H2,1-4H3,(H2,20,21,22);1H. The van der Waals surface area contributed by atoms with Crippen molar-refractivity contribution in [2.24, 2.45) is 4.99 Å². The number of hydrogen-bond acceptors (Lipinski definition) is 5. The Morgan fingerprint density at radius 1 is 1.22 bits per heavy atom.